The summed E-state index contributed by atoms with van der Waals surface area (Å²) >= 11 is 0. The van der Waals surface area contributed by atoms with E-state index in [0.717, 1.165) is 37.8 Å². The molecule has 1 aromatic rings. The molecule has 1 spiro atoms. The van der Waals surface area contributed by atoms with Crippen molar-refractivity contribution in [2.75, 3.05) is 20.7 Å². The highest BCUT2D eigenvalue weighted by atomic mass is 16.5. The highest BCUT2D eigenvalue weighted by Gasteiger charge is 2.73. The second-order valence-electron chi connectivity index (χ2n) is 10.3. The molecule has 5 rings (SSSR count). The Balaban J connectivity index is 1.62. The van der Waals surface area contributed by atoms with Gasteiger partial charge in [0.1, 0.15) is 12.1 Å². The summed E-state index contributed by atoms with van der Waals surface area (Å²) in [5.41, 5.74) is 1.52. The number of aliphatic carboxylic acids is 1. The normalized spacial score (nSPS) is 36.7. The van der Waals surface area contributed by atoms with E-state index in [1.54, 1.807) is 6.07 Å². The van der Waals surface area contributed by atoms with Gasteiger partial charge in [-0.15, -0.1) is 0 Å². The second-order valence-corrected chi connectivity index (χ2v) is 10.3. The van der Waals surface area contributed by atoms with Gasteiger partial charge < -0.3 is 24.6 Å². The summed E-state index contributed by atoms with van der Waals surface area (Å²) in [4.78, 5) is 14.4. The zero-order chi connectivity index (χ0) is 22.1. The number of phenols is 1. The number of aromatic hydroxyl groups is 1. The van der Waals surface area contributed by atoms with Crippen molar-refractivity contribution in [3.63, 3.8) is 0 Å². The van der Waals surface area contributed by atoms with Gasteiger partial charge in [0.2, 0.25) is 0 Å². The fourth-order valence-corrected chi connectivity index (χ4v) is 7.28. The Bertz CT molecular complexity index is 904. The molecule has 31 heavy (non-hydrogen) atoms. The Morgan fingerprint density at radius 3 is 2.84 bits per heavy atom. The molecule has 3 N–H and O–H groups in total. The minimum absolute atomic E-state index is 0.120. The van der Waals surface area contributed by atoms with Crippen LogP contribution in [0.3, 0.4) is 0 Å². The number of piperidine rings is 1. The van der Waals surface area contributed by atoms with Crippen molar-refractivity contribution in [3.8, 4) is 11.5 Å². The molecule has 0 amide bonds. The SMILES string of the molecule is CO[C@@]12CC[C@H](N[C@@H](CC(C)C)C(=O)O)[C@@H]3Oc4c(O)ccc5c4[C@@]31CCN(C)[C@@H]2C5. The lowest BCUT2D eigenvalue weighted by Gasteiger charge is -2.65. The first kappa shape index (κ1) is 21.0. The van der Waals surface area contributed by atoms with E-state index in [2.05, 4.69) is 17.3 Å². The molecule has 1 aromatic carbocycles. The van der Waals surface area contributed by atoms with E-state index in [1.165, 1.54) is 5.56 Å². The lowest BCUT2D eigenvalue weighted by molar-refractivity contribution is -0.204. The van der Waals surface area contributed by atoms with E-state index in [9.17, 15) is 15.0 Å². The lowest BCUT2D eigenvalue weighted by atomic mass is 9.48. The Labute approximate surface area is 183 Å². The van der Waals surface area contributed by atoms with Gasteiger partial charge in [0.05, 0.1) is 11.0 Å². The summed E-state index contributed by atoms with van der Waals surface area (Å²) in [5.74, 6) is 0.198. The van der Waals surface area contributed by atoms with Crippen molar-refractivity contribution < 1.29 is 24.5 Å². The third-order valence-corrected chi connectivity index (χ3v) is 8.47. The number of nitrogens with zero attached hydrogens (tertiary/aromatic N) is 1. The highest BCUT2D eigenvalue weighted by Crippen LogP contribution is 2.66. The first-order valence-electron chi connectivity index (χ1n) is 11.5. The number of ether oxygens (including phenoxy) is 2. The number of likely N-dealkylation sites (tertiary alicyclic amines) is 1. The van der Waals surface area contributed by atoms with Gasteiger partial charge in [-0.2, -0.15) is 0 Å². The van der Waals surface area contributed by atoms with Crippen molar-refractivity contribution >= 4 is 5.97 Å². The van der Waals surface area contributed by atoms with E-state index in [-0.39, 0.29) is 29.9 Å². The van der Waals surface area contributed by atoms with Gasteiger partial charge in [-0.05, 0) is 63.2 Å². The maximum atomic E-state index is 12.0. The van der Waals surface area contributed by atoms with Crippen molar-refractivity contribution in [1.82, 2.24) is 10.2 Å². The molecule has 2 fully saturated rings. The van der Waals surface area contributed by atoms with E-state index in [0.29, 0.717) is 12.2 Å². The zero-order valence-electron chi connectivity index (χ0n) is 18.9. The molecule has 6 atom stereocenters. The Morgan fingerprint density at radius 2 is 2.16 bits per heavy atom. The number of phenolic OH excluding ortho intramolecular Hbond substituents is 1. The zero-order valence-corrected chi connectivity index (χ0v) is 18.9. The molecule has 0 unspecified atom stereocenters. The Hall–Kier alpha value is -1.83. The van der Waals surface area contributed by atoms with Crippen molar-refractivity contribution in [2.24, 2.45) is 5.92 Å². The topological polar surface area (TPSA) is 91.3 Å². The van der Waals surface area contributed by atoms with Crippen LogP contribution in [0.1, 0.15) is 50.7 Å². The molecule has 1 saturated carbocycles. The van der Waals surface area contributed by atoms with E-state index < -0.39 is 23.0 Å². The van der Waals surface area contributed by atoms with Crippen LogP contribution in [0.25, 0.3) is 0 Å². The molecule has 7 nitrogen and oxygen atoms in total. The number of likely N-dealkylation sites (N-methyl/N-ethyl adjacent to an activating group) is 1. The van der Waals surface area contributed by atoms with Gasteiger partial charge in [0, 0.05) is 24.8 Å². The van der Waals surface area contributed by atoms with E-state index >= 15 is 0 Å². The molecule has 0 aromatic heterocycles. The maximum absolute atomic E-state index is 12.0. The minimum atomic E-state index is -0.821. The fourth-order valence-electron chi connectivity index (χ4n) is 7.28. The van der Waals surface area contributed by atoms with E-state index in [1.807, 2.05) is 27.0 Å². The highest BCUT2D eigenvalue weighted by molar-refractivity contribution is 5.73. The fraction of sp³-hybridized carbons (Fsp3) is 0.708. The predicted molar refractivity (Wildman–Crippen MR) is 116 cm³/mol. The van der Waals surface area contributed by atoms with Crippen LogP contribution in [0.4, 0.5) is 0 Å². The first-order chi connectivity index (χ1) is 14.7. The number of benzene rings is 1. The van der Waals surface area contributed by atoms with Crippen LogP contribution in [0.2, 0.25) is 0 Å². The number of rotatable bonds is 6. The summed E-state index contributed by atoms with van der Waals surface area (Å²) < 4.78 is 13.0. The molecule has 4 aliphatic rings. The molecule has 2 aliphatic carbocycles. The van der Waals surface area contributed by atoms with Crippen LogP contribution in [0, 0.1) is 5.92 Å². The van der Waals surface area contributed by atoms with Crippen molar-refractivity contribution in [1.29, 1.82) is 0 Å². The average Bonchev–Trinajstić information content (AvgIpc) is 3.08. The quantitative estimate of drug-likeness (QED) is 0.638. The molecule has 7 heteroatoms. The predicted octanol–water partition coefficient (Wildman–Crippen LogP) is 2.29. The van der Waals surface area contributed by atoms with Gasteiger partial charge in [0.15, 0.2) is 11.5 Å². The van der Waals surface area contributed by atoms with Crippen LogP contribution in [0.15, 0.2) is 12.1 Å². The lowest BCUT2D eigenvalue weighted by Crippen LogP contribution is -2.78. The number of hydrogen-bond donors (Lipinski definition) is 3. The van der Waals surface area contributed by atoms with Crippen LogP contribution < -0.4 is 10.1 Å². The van der Waals surface area contributed by atoms with Crippen LogP contribution >= 0.6 is 0 Å². The Morgan fingerprint density at radius 1 is 1.39 bits per heavy atom. The largest absolute Gasteiger partial charge is 0.504 e. The smallest absolute Gasteiger partial charge is 0.320 e. The molecule has 2 bridgehead atoms. The Kier molecular flexibility index (Phi) is 4.81. The van der Waals surface area contributed by atoms with Crippen molar-refractivity contribution in [2.45, 2.75) is 81.2 Å². The maximum Gasteiger partial charge on any atom is 0.320 e. The molecule has 0 radical (unpaired) electrons. The molecule has 2 heterocycles. The average molecular weight is 431 g/mol. The molecular formula is C24H34N2O5. The van der Waals surface area contributed by atoms with Crippen LogP contribution in [-0.4, -0.2) is 71.6 Å². The molecular weight excluding hydrogens is 396 g/mol. The summed E-state index contributed by atoms with van der Waals surface area (Å²) in [7, 11) is 3.98. The minimum Gasteiger partial charge on any atom is -0.504 e. The van der Waals surface area contributed by atoms with Crippen LogP contribution in [-0.2, 0) is 21.4 Å². The van der Waals surface area contributed by atoms with Crippen molar-refractivity contribution in [3.05, 3.63) is 23.3 Å². The first-order valence-corrected chi connectivity index (χ1v) is 11.5. The molecule has 170 valence electrons. The van der Waals surface area contributed by atoms with E-state index in [4.69, 9.17) is 9.47 Å². The number of carboxylic acid groups (broad SMARTS) is 1. The summed E-state index contributed by atoms with van der Waals surface area (Å²) in [5, 5.41) is 24.0. The third-order valence-electron chi connectivity index (χ3n) is 8.47. The summed E-state index contributed by atoms with van der Waals surface area (Å²) in [6, 6.07) is 3.25. The monoisotopic (exact) mass is 430 g/mol. The number of carbonyl (C=O) groups is 1. The standard InChI is InChI=1S/C24H34N2O5/c1-13(2)11-16(22(28)29)25-15-7-8-24(30-4)18-12-14-5-6-17(27)20-19(14)23(24,21(15)31-20)9-10-26(18)3/h5-6,13,15-16,18,21,25,27H,7-12H2,1-4H3,(H,28,29)/t15-,16-,18+,21-,23-,24+/m0/s1. The second kappa shape index (κ2) is 7.09. The summed E-state index contributed by atoms with van der Waals surface area (Å²) in [6.07, 6.45) is 3.63. The van der Waals surface area contributed by atoms with Gasteiger partial charge in [-0.25, -0.2) is 0 Å². The number of hydrogen-bond acceptors (Lipinski definition) is 6. The van der Waals surface area contributed by atoms with Gasteiger partial charge in [-0.3, -0.25) is 10.1 Å². The van der Waals surface area contributed by atoms with Crippen LogP contribution in [0.5, 0.6) is 11.5 Å². The third kappa shape index (κ3) is 2.66. The summed E-state index contributed by atoms with van der Waals surface area (Å²) in [6.45, 7) is 5.01. The number of methoxy groups -OCH3 is 1. The number of carboxylic acids is 1. The van der Waals surface area contributed by atoms with Gasteiger partial charge in [-0.1, -0.05) is 19.9 Å². The molecule has 1 saturated heterocycles. The van der Waals surface area contributed by atoms with Gasteiger partial charge >= 0.3 is 5.97 Å². The van der Waals surface area contributed by atoms with Gasteiger partial charge in [0.25, 0.3) is 0 Å². The molecule has 2 aliphatic heterocycles. The number of nitrogens with one attached hydrogen (secondary N) is 1.